The number of hydrogen-bond acceptors (Lipinski definition) is 0. The molecular formula is C10H6Cl2F4. The zero-order chi connectivity index (χ0) is 12.3. The van der Waals surface area contributed by atoms with Crippen molar-refractivity contribution in [3.63, 3.8) is 0 Å². The molecule has 0 heterocycles. The Labute approximate surface area is 99.5 Å². The second-order valence-electron chi connectivity index (χ2n) is 3.04. The Balaban J connectivity index is 3.21. The van der Waals surface area contributed by atoms with Crippen LogP contribution in [-0.2, 0) is 0 Å². The van der Waals surface area contributed by atoms with Crippen molar-refractivity contribution in [1.82, 2.24) is 0 Å². The van der Waals surface area contributed by atoms with Crippen LogP contribution >= 0.6 is 23.2 Å². The molecule has 16 heavy (non-hydrogen) atoms. The van der Waals surface area contributed by atoms with Crippen LogP contribution in [0.25, 0.3) is 0 Å². The van der Waals surface area contributed by atoms with Crippen molar-refractivity contribution in [2.24, 2.45) is 0 Å². The van der Waals surface area contributed by atoms with Crippen LogP contribution in [-0.4, -0.2) is 6.18 Å². The Bertz CT molecular complexity index is 378. The molecule has 0 N–H and O–H groups in total. The largest absolute Gasteiger partial charge is 0.399 e. The minimum Gasteiger partial charge on any atom is -0.216 e. The first-order valence-electron chi connectivity index (χ1n) is 4.14. The van der Waals surface area contributed by atoms with Crippen molar-refractivity contribution < 1.29 is 17.6 Å². The maximum atomic E-state index is 12.6. The van der Waals surface area contributed by atoms with Crippen LogP contribution in [0.15, 0.2) is 30.6 Å². The average Bonchev–Trinajstić information content (AvgIpc) is 2.10. The fourth-order valence-electron chi connectivity index (χ4n) is 1.24. The van der Waals surface area contributed by atoms with Crippen LogP contribution in [0, 0.1) is 0 Å². The fraction of sp³-hybridized carbons (Fsp3) is 0.200. The lowest BCUT2D eigenvalue weighted by atomic mass is 9.99. The van der Waals surface area contributed by atoms with Gasteiger partial charge in [0.1, 0.15) is 5.92 Å². The van der Waals surface area contributed by atoms with Gasteiger partial charge in [-0.3, -0.25) is 0 Å². The van der Waals surface area contributed by atoms with Crippen LogP contribution in [0.2, 0.25) is 10.0 Å². The Morgan fingerprint density at radius 3 is 1.94 bits per heavy atom. The number of alkyl halides is 3. The van der Waals surface area contributed by atoms with E-state index in [4.69, 9.17) is 23.2 Å². The van der Waals surface area contributed by atoms with Crippen LogP contribution in [0.1, 0.15) is 11.5 Å². The third kappa shape index (κ3) is 3.39. The molecule has 1 unspecified atom stereocenters. The summed E-state index contributed by atoms with van der Waals surface area (Å²) in [5, 5.41) is 0.146. The van der Waals surface area contributed by atoms with Gasteiger partial charge >= 0.3 is 6.18 Å². The van der Waals surface area contributed by atoms with Gasteiger partial charge in [-0.15, -0.1) is 0 Å². The van der Waals surface area contributed by atoms with E-state index < -0.39 is 12.1 Å². The molecule has 0 aliphatic carbocycles. The van der Waals surface area contributed by atoms with E-state index in [1.165, 1.54) is 6.07 Å². The topological polar surface area (TPSA) is 0 Å². The summed E-state index contributed by atoms with van der Waals surface area (Å²) < 4.78 is 49.6. The minimum absolute atomic E-state index is 0.0732. The second-order valence-corrected chi connectivity index (χ2v) is 3.91. The number of benzene rings is 1. The third-order valence-corrected chi connectivity index (χ3v) is 2.30. The highest BCUT2D eigenvalue weighted by atomic mass is 35.5. The molecule has 1 atom stereocenters. The van der Waals surface area contributed by atoms with Gasteiger partial charge in [0.25, 0.3) is 0 Å². The summed E-state index contributed by atoms with van der Waals surface area (Å²) in [4.78, 5) is 0. The van der Waals surface area contributed by atoms with Crippen LogP contribution in [0.3, 0.4) is 0 Å². The van der Waals surface area contributed by atoms with Crippen molar-refractivity contribution in [2.45, 2.75) is 12.1 Å². The first-order valence-corrected chi connectivity index (χ1v) is 4.90. The van der Waals surface area contributed by atoms with Crippen molar-refractivity contribution in [2.75, 3.05) is 0 Å². The Hall–Kier alpha value is -0.740. The zero-order valence-corrected chi connectivity index (χ0v) is 9.24. The SMILES string of the molecule is F/C=C\C(c1cc(Cl)cc(Cl)c1)C(F)(F)F. The molecule has 0 aliphatic rings. The highest BCUT2D eigenvalue weighted by Crippen LogP contribution is 2.37. The molecule has 88 valence electrons. The van der Waals surface area contributed by atoms with Crippen LogP contribution in [0.5, 0.6) is 0 Å². The van der Waals surface area contributed by atoms with Crippen molar-refractivity contribution >= 4 is 23.2 Å². The number of allylic oxidation sites excluding steroid dienone is 1. The van der Waals surface area contributed by atoms with E-state index in [1.807, 2.05) is 0 Å². The van der Waals surface area contributed by atoms with Crippen molar-refractivity contribution in [3.05, 3.63) is 46.2 Å². The fourth-order valence-corrected chi connectivity index (χ4v) is 1.78. The van der Waals surface area contributed by atoms with Crippen LogP contribution in [0.4, 0.5) is 17.6 Å². The summed E-state index contributed by atoms with van der Waals surface area (Å²) in [6, 6.07) is 3.51. The first-order chi connectivity index (χ1) is 7.34. The molecule has 1 rings (SSSR count). The normalized spacial score (nSPS) is 14.4. The Morgan fingerprint density at radius 2 is 1.56 bits per heavy atom. The van der Waals surface area contributed by atoms with E-state index in [0.717, 1.165) is 12.1 Å². The lowest BCUT2D eigenvalue weighted by molar-refractivity contribution is -0.139. The van der Waals surface area contributed by atoms with Gasteiger partial charge in [-0.2, -0.15) is 13.2 Å². The Morgan fingerprint density at radius 1 is 1.06 bits per heavy atom. The summed E-state index contributed by atoms with van der Waals surface area (Å²) in [6.07, 6.45) is -4.33. The quantitative estimate of drug-likeness (QED) is 0.656. The molecule has 1 aromatic rings. The van der Waals surface area contributed by atoms with E-state index in [1.54, 1.807) is 0 Å². The maximum Gasteiger partial charge on any atom is 0.399 e. The number of halogens is 6. The van der Waals surface area contributed by atoms with Gasteiger partial charge in [-0.1, -0.05) is 23.2 Å². The van der Waals surface area contributed by atoms with E-state index >= 15 is 0 Å². The lowest BCUT2D eigenvalue weighted by Gasteiger charge is -2.17. The summed E-state index contributed by atoms with van der Waals surface area (Å²) in [5.41, 5.74) is -0.195. The molecule has 0 bridgehead atoms. The highest BCUT2D eigenvalue weighted by Gasteiger charge is 2.39. The monoisotopic (exact) mass is 272 g/mol. The summed E-state index contributed by atoms with van der Waals surface area (Å²) in [7, 11) is 0. The van der Waals surface area contributed by atoms with Gasteiger partial charge in [0.15, 0.2) is 0 Å². The second kappa shape index (κ2) is 5.06. The van der Waals surface area contributed by atoms with E-state index in [2.05, 4.69) is 0 Å². The van der Waals surface area contributed by atoms with Gasteiger partial charge in [0, 0.05) is 10.0 Å². The third-order valence-electron chi connectivity index (χ3n) is 1.86. The van der Waals surface area contributed by atoms with Gasteiger partial charge in [-0.25, -0.2) is 4.39 Å². The first kappa shape index (κ1) is 13.3. The van der Waals surface area contributed by atoms with Crippen molar-refractivity contribution in [1.29, 1.82) is 0 Å². The minimum atomic E-state index is -4.59. The van der Waals surface area contributed by atoms with Gasteiger partial charge in [-0.05, 0) is 29.8 Å². The molecule has 0 saturated heterocycles. The van der Waals surface area contributed by atoms with Gasteiger partial charge < -0.3 is 0 Å². The number of hydrogen-bond donors (Lipinski definition) is 0. The zero-order valence-electron chi connectivity index (χ0n) is 7.73. The maximum absolute atomic E-state index is 12.6. The summed E-state index contributed by atoms with van der Waals surface area (Å²) in [6.45, 7) is 0. The molecule has 0 nitrogen and oxygen atoms in total. The molecular weight excluding hydrogens is 267 g/mol. The molecule has 0 aliphatic heterocycles. The van der Waals surface area contributed by atoms with Crippen LogP contribution < -0.4 is 0 Å². The lowest BCUT2D eigenvalue weighted by Crippen LogP contribution is -2.18. The highest BCUT2D eigenvalue weighted by molar-refractivity contribution is 6.34. The van der Waals surface area contributed by atoms with Gasteiger partial charge in [0.05, 0.1) is 6.33 Å². The molecule has 0 amide bonds. The van der Waals surface area contributed by atoms with Crippen molar-refractivity contribution in [3.8, 4) is 0 Å². The average molecular weight is 273 g/mol. The predicted octanol–water partition coefficient (Wildman–Crippen LogP) is 5.12. The molecule has 0 spiro atoms. The summed E-state index contributed by atoms with van der Waals surface area (Å²) in [5.74, 6) is -2.05. The number of rotatable bonds is 2. The standard InChI is InChI=1S/C10H6Cl2F4/c11-7-3-6(4-8(12)5-7)9(1-2-13)10(14,15)16/h1-5,9H/b2-1-. The molecule has 0 saturated carbocycles. The van der Waals surface area contributed by atoms with E-state index in [-0.39, 0.29) is 21.9 Å². The van der Waals surface area contributed by atoms with E-state index in [0.29, 0.717) is 6.08 Å². The molecule has 1 aromatic carbocycles. The van der Waals surface area contributed by atoms with Gasteiger partial charge in [0.2, 0.25) is 0 Å². The molecule has 6 heteroatoms. The molecule has 0 aromatic heterocycles. The molecule has 0 radical (unpaired) electrons. The molecule has 0 fully saturated rings. The summed E-state index contributed by atoms with van der Waals surface area (Å²) >= 11 is 11.1. The van der Waals surface area contributed by atoms with E-state index in [9.17, 15) is 17.6 Å². The smallest absolute Gasteiger partial charge is 0.216 e. The predicted molar refractivity (Wildman–Crippen MR) is 55.5 cm³/mol. The Kier molecular flexibility index (Phi) is 4.21.